The number of rotatable bonds is 5. The van der Waals surface area contributed by atoms with E-state index in [9.17, 15) is 9.59 Å². The Morgan fingerprint density at radius 1 is 1.43 bits per heavy atom. The average molecular weight is 312 g/mol. The fourth-order valence-corrected chi connectivity index (χ4v) is 2.93. The maximum absolute atomic E-state index is 12.8. The van der Waals surface area contributed by atoms with Crippen LogP contribution in [0.5, 0.6) is 5.75 Å². The SMILES string of the molecule is COc1cc(C)c(CCC=O)cc1C(=O)N1CCB(C#N)CC1. The largest absolute Gasteiger partial charge is 0.496 e. The van der Waals surface area contributed by atoms with Crippen LogP contribution in [0.2, 0.25) is 12.6 Å². The Bertz CT molecular complexity index is 631. The number of aldehydes is 1. The van der Waals surface area contributed by atoms with Gasteiger partial charge in [-0.2, -0.15) is 0 Å². The van der Waals surface area contributed by atoms with Crippen LogP contribution >= 0.6 is 0 Å². The number of hydrogen-bond acceptors (Lipinski definition) is 4. The third kappa shape index (κ3) is 3.92. The van der Waals surface area contributed by atoms with E-state index in [2.05, 4.69) is 5.97 Å². The molecule has 0 spiro atoms. The maximum atomic E-state index is 12.8. The van der Waals surface area contributed by atoms with Crippen LogP contribution in [0.3, 0.4) is 0 Å². The summed E-state index contributed by atoms with van der Waals surface area (Å²) in [4.78, 5) is 25.2. The molecule has 23 heavy (non-hydrogen) atoms. The summed E-state index contributed by atoms with van der Waals surface area (Å²) < 4.78 is 5.37. The molecule has 0 atom stereocenters. The van der Waals surface area contributed by atoms with Crippen LogP contribution in [0.1, 0.15) is 27.9 Å². The molecule has 0 bridgehead atoms. The van der Waals surface area contributed by atoms with E-state index >= 15 is 0 Å². The van der Waals surface area contributed by atoms with Crippen molar-refractivity contribution in [3.05, 3.63) is 28.8 Å². The molecule has 1 amide bonds. The van der Waals surface area contributed by atoms with E-state index in [1.54, 1.807) is 12.0 Å². The smallest absolute Gasteiger partial charge is 0.271 e. The summed E-state index contributed by atoms with van der Waals surface area (Å²) in [5.74, 6) is 2.77. The van der Waals surface area contributed by atoms with Gasteiger partial charge < -0.3 is 14.4 Å². The van der Waals surface area contributed by atoms with Crippen LogP contribution in [-0.4, -0.2) is 44.0 Å². The van der Waals surface area contributed by atoms with Crippen LogP contribution in [-0.2, 0) is 11.2 Å². The first-order valence-corrected chi connectivity index (χ1v) is 7.90. The summed E-state index contributed by atoms with van der Waals surface area (Å²) in [6.45, 7) is 3.19. The monoisotopic (exact) mass is 312 g/mol. The Morgan fingerprint density at radius 3 is 2.70 bits per heavy atom. The summed E-state index contributed by atoms with van der Waals surface area (Å²) in [5.41, 5.74) is 2.55. The molecule has 5 nitrogen and oxygen atoms in total. The van der Waals surface area contributed by atoms with Crippen LogP contribution in [0.25, 0.3) is 0 Å². The van der Waals surface area contributed by atoms with Gasteiger partial charge in [0.2, 0.25) is 0 Å². The predicted molar refractivity (Wildman–Crippen MR) is 89.0 cm³/mol. The first kappa shape index (κ1) is 17.1. The highest BCUT2D eigenvalue weighted by Crippen LogP contribution is 2.26. The lowest BCUT2D eigenvalue weighted by Crippen LogP contribution is -2.40. The Balaban J connectivity index is 2.24. The third-order valence-electron chi connectivity index (χ3n) is 4.38. The van der Waals surface area contributed by atoms with Crippen molar-refractivity contribution in [3.63, 3.8) is 0 Å². The lowest BCUT2D eigenvalue weighted by Gasteiger charge is -2.28. The number of carbonyl (C=O) groups excluding carboxylic acids is 2. The summed E-state index contributed by atoms with van der Waals surface area (Å²) in [6, 6.07) is 3.70. The van der Waals surface area contributed by atoms with Gasteiger partial charge >= 0.3 is 0 Å². The van der Waals surface area contributed by atoms with Crippen molar-refractivity contribution in [2.45, 2.75) is 32.4 Å². The van der Waals surface area contributed by atoms with Gasteiger partial charge in [0.05, 0.1) is 12.7 Å². The van der Waals surface area contributed by atoms with Crippen molar-refractivity contribution in [1.29, 1.82) is 5.26 Å². The molecule has 1 aliphatic heterocycles. The second-order valence-corrected chi connectivity index (χ2v) is 5.88. The number of methoxy groups -OCH3 is 1. The van der Waals surface area contributed by atoms with Gasteiger partial charge in [0.25, 0.3) is 12.6 Å². The molecule has 1 aromatic carbocycles. The number of aryl methyl sites for hydroxylation is 2. The molecule has 1 heterocycles. The minimum Gasteiger partial charge on any atom is -0.496 e. The highest BCUT2D eigenvalue weighted by atomic mass is 16.5. The molecule has 0 N–H and O–H groups in total. The second-order valence-electron chi connectivity index (χ2n) is 5.88. The van der Waals surface area contributed by atoms with Crippen molar-refractivity contribution < 1.29 is 14.3 Å². The molecule has 0 unspecified atom stereocenters. The standard InChI is InChI=1S/C17H21BN2O3/c1-13-10-16(23-2)15(11-14(13)4-3-9-21)17(22)20-7-5-18(12-19)6-8-20/h9-11H,3-8H2,1-2H3. The number of ether oxygens (including phenoxy) is 1. The van der Waals surface area contributed by atoms with Crippen molar-refractivity contribution in [2.75, 3.05) is 20.2 Å². The molecule has 2 rings (SSSR count). The van der Waals surface area contributed by atoms with E-state index in [0.717, 1.165) is 17.4 Å². The van der Waals surface area contributed by atoms with Crippen LogP contribution < -0.4 is 4.74 Å². The normalized spacial score (nSPS) is 14.3. The summed E-state index contributed by atoms with van der Waals surface area (Å²) in [6.07, 6.45) is 3.38. The van der Waals surface area contributed by atoms with Gasteiger partial charge in [-0.1, -0.05) is 0 Å². The molecule has 1 aromatic rings. The third-order valence-corrected chi connectivity index (χ3v) is 4.38. The number of benzene rings is 1. The number of amides is 1. The summed E-state index contributed by atoms with van der Waals surface area (Å²) in [5, 5.41) is 8.96. The molecular formula is C17H21BN2O3. The number of nitriles is 1. The van der Waals surface area contributed by atoms with Gasteiger partial charge in [-0.15, -0.1) is 0 Å². The van der Waals surface area contributed by atoms with Gasteiger partial charge in [0, 0.05) is 25.5 Å². The van der Waals surface area contributed by atoms with E-state index in [1.807, 2.05) is 19.1 Å². The lowest BCUT2D eigenvalue weighted by molar-refractivity contribution is -0.107. The van der Waals surface area contributed by atoms with Crippen molar-refractivity contribution in [1.82, 2.24) is 4.90 Å². The zero-order valence-electron chi connectivity index (χ0n) is 13.7. The number of nitrogens with zero attached hydrogens (tertiary/aromatic N) is 2. The quantitative estimate of drug-likeness (QED) is 0.617. The Kier molecular flexibility index (Phi) is 5.81. The summed E-state index contributed by atoms with van der Waals surface area (Å²) in [7, 11) is 1.55. The lowest BCUT2D eigenvalue weighted by atomic mass is 9.45. The summed E-state index contributed by atoms with van der Waals surface area (Å²) >= 11 is 0. The molecule has 1 aliphatic rings. The first-order valence-electron chi connectivity index (χ1n) is 7.90. The molecule has 0 aliphatic carbocycles. The van der Waals surface area contributed by atoms with Gasteiger partial charge in [-0.25, -0.2) is 5.26 Å². The molecule has 1 saturated heterocycles. The van der Waals surface area contributed by atoms with Crippen molar-refractivity contribution in [2.24, 2.45) is 0 Å². The molecular weight excluding hydrogens is 291 g/mol. The highest BCUT2D eigenvalue weighted by molar-refractivity contribution is 6.67. The van der Waals surface area contributed by atoms with Gasteiger partial charge in [0.15, 0.2) is 0 Å². The van der Waals surface area contributed by atoms with E-state index in [0.29, 0.717) is 49.9 Å². The minimum atomic E-state index is -0.0643. The van der Waals surface area contributed by atoms with Crippen LogP contribution in [0, 0.1) is 18.2 Å². The van der Waals surface area contributed by atoms with Crippen LogP contribution in [0.4, 0.5) is 0 Å². The predicted octanol–water partition coefficient (Wildman–Crippen LogP) is 2.15. The highest BCUT2D eigenvalue weighted by Gasteiger charge is 2.28. The van der Waals surface area contributed by atoms with Gasteiger partial charge in [0.1, 0.15) is 12.0 Å². The molecule has 120 valence electrons. The minimum absolute atomic E-state index is 0.0436. The van der Waals surface area contributed by atoms with Crippen molar-refractivity contribution in [3.8, 4) is 11.7 Å². The molecule has 0 saturated carbocycles. The van der Waals surface area contributed by atoms with Crippen LogP contribution in [0.15, 0.2) is 12.1 Å². The average Bonchev–Trinajstić information content (AvgIpc) is 2.59. The zero-order valence-corrected chi connectivity index (χ0v) is 13.7. The maximum Gasteiger partial charge on any atom is 0.271 e. The number of hydrogen-bond donors (Lipinski definition) is 0. The molecule has 0 aromatic heterocycles. The fourth-order valence-electron chi connectivity index (χ4n) is 2.93. The first-order chi connectivity index (χ1) is 11.1. The zero-order chi connectivity index (χ0) is 16.8. The number of carbonyl (C=O) groups is 2. The second kappa shape index (κ2) is 7.82. The Hall–Kier alpha value is -2.29. The van der Waals surface area contributed by atoms with Gasteiger partial charge in [-0.3, -0.25) is 4.79 Å². The van der Waals surface area contributed by atoms with E-state index < -0.39 is 0 Å². The topological polar surface area (TPSA) is 70.4 Å². The van der Waals surface area contributed by atoms with E-state index in [4.69, 9.17) is 10.00 Å². The van der Waals surface area contributed by atoms with Gasteiger partial charge in [-0.05, 0) is 49.2 Å². The fraction of sp³-hybridized carbons (Fsp3) is 0.471. The molecule has 0 radical (unpaired) electrons. The Morgan fingerprint density at radius 2 is 2.13 bits per heavy atom. The van der Waals surface area contributed by atoms with E-state index in [-0.39, 0.29) is 12.6 Å². The molecule has 1 fully saturated rings. The Labute approximate surface area is 137 Å². The van der Waals surface area contributed by atoms with E-state index in [1.165, 1.54) is 0 Å². The van der Waals surface area contributed by atoms with Crippen molar-refractivity contribution >= 4 is 18.9 Å². The molecule has 6 heteroatoms.